The van der Waals surface area contributed by atoms with E-state index in [1.165, 1.54) is 12.1 Å². The van der Waals surface area contributed by atoms with E-state index in [4.69, 9.17) is 5.73 Å². The fourth-order valence-corrected chi connectivity index (χ4v) is 3.77. The first-order valence-electron chi connectivity index (χ1n) is 8.83. The molecule has 5 nitrogen and oxygen atoms in total. The van der Waals surface area contributed by atoms with Crippen LogP contribution in [0.1, 0.15) is 31.5 Å². The van der Waals surface area contributed by atoms with Crippen LogP contribution in [0.25, 0.3) is 0 Å². The Morgan fingerprint density at radius 2 is 1.85 bits per heavy atom. The number of guanidine groups is 1. The summed E-state index contributed by atoms with van der Waals surface area (Å²) in [5.74, 6) is 0.358. The van der Waals surface area contributed by atoms with E-state index in [2.05, 4.69) is 45.9 Å². The molecule has 1 aliphatic heterocycles. The molecular weight excluding hydrogens is 349 g/mol. The van der Waals surface area contributed by atoms with E-state index in [0.717, 1.165) is 42.6 Å². The second-order valence-corrected chi connectivity index (χ2v) is 8.44. The van der Waals surface area contributed by atoms with Crippen molar-refractivity contribution < 1.29 is 4.39 Å². The number of hydrogen-bond donors (Lipinski definition) is 1. The lowest BCUT2D eigenvalue weighted by molar-refractivity contribution is 0.380. The Hall–Kier alpha value is -2.15. The molecule has 1 fully saturated rings. The molecule has 1 aromatic heterocycles. The van der Waals surface area contributed by atoms with Gasteiger partial charge in [0.1, 0.15) is 10.8 Å². The highest BCUT2D eigenvalue weighted by atomic mass is 32.1. The van der Waals surface area contributed by atoms with Gasteiger partial charge in [0.25, 0.3) is 0 Å². The number of nitrogens with zero attached hydrogens (tertiary/aromatic N) is 4. The van der Waals surface area contributed by atoms with E-state index in [-0.39, 0.29) is 11.2 Å². The second-order valence-electron chi connectivity index (χ2n) is 7.50. The Morgan fingerprint density at radius 1 is 1.19 bits per heavy atom. The average Bonchev–Trinajstić information content (AvgIpc) is 3.10. The Kier molecular flexibility index (Phi) is 5.46. The third-order valence-corrected chi connectivity index (χ3v) is 5.33. The number of thiazole rings is 1. The second kappa shape index (κ2) is 7.61. The van der Waals surface area contributed by atoms with Gasteiger partial charge < -0.3 is 15.5 Å². The minimum Gasteiger partial charge on any atom is -0.370 e. The van der Waals surface area contributed by atoms with Gasteiger partial charge in [-0.2, -0.15) is 0 Å². The number of piperazine rings is 1. The Bertz CT molecular complexity index is 755. The van der Waals surface area contributed by atoms with E-state index in [0.29, 0.717) is 12.5 Å². The third-order valence-electron chi connectivity index (χ3n) is 4.49. The van der Waals surface area contributed by atoms with Crippen LogP contribution in [0.4, 0.5) is 10.1 Å². The maximum atomic E-state index is 13.0. The summed E-state index contributed by atoms with van der Waals surface area (Å²) < 4.78 is 13.0. The zero-order chi connectivity index (χ0) is 18.7. The first-order valence-corrected chi connectivity index (χ1v) is 9.71. The smallest absolute Gasteiger partial charge is 0.191 e. The first-order chi connectivity index (χ1) is 12.3. The van der Waals surface area contributed by atoms with Crippen LogP contribution in [0.2, 0.25) is 0 Å². The van der Waals surface area contributed by atoms with Gasteiger partial charge in [0, 0.05) is 42.7 Å². The van der Waals surface area contributed by atoms with Crippen molar-refractivity contribution in [3.05, 3.63) is 46.2 Å². The van der Waals surface area contributed by atoms with E-state index in [9.17, 15) is 4.39 Å². The van der Waals surface area contributed by atoms with Crippen molar-refractivity contribution in [2.24, 2.45) is 10.7 Å². The molecule has 0 bridgehead atoms. The summed E-state index contributed by atoms with van der Waals surface area (Å²) in [7, 11) is 0. The molecule has 2 aromatic rings. The van der Waals surface area contributed by atoms with Crippen molar-refractivity contribution in [3.63, 3.8) is 0 Å². The van der Waals surface area contributed by atoms with Gasteiger partial charge in [-0.15, -0.1) is 11.3 Å². The SMILES string of the molecule is CC(C)(C)c1csc(CN=C(N)N2CCN(c3ccc(F)cc3)CC2)n1. The van der Waals surface area contributed by atoms with Crippen molar-refractivity contribution in [3.8, 4) is 0 Å². The minimum absolute atomic E-state index is 0.0562. The summed E-state index contributed by atoms with van der Waals surface area (Å²) in [4.78, 5) is 13.5. The van der Waals surface area contributed by atoms with Gasteiger partial charge >= 0.3 is 0 Å². The number of nitrogens with two attached hydrogens (primary N) is 1. The molecule has 1 aliphatic rings. The number of benzene rings is 1. The molecular formula is C19H26FN5S. The topological polar surface area (TPSA) is 57.8 Å². The van der Waals surface area contributed by atoms with Gasteiger partial charge in [-0.05, 0) is 24.3 Å². The Labute approximate surface area is 158 Å². The maximum absolute atomic E-state index is 13.0. The normalized spacial score (nSPS) is 16.2. The van der Waals surface area contributed by atoms with Gasteiger partial charge in [-0.1, -0.05) is 20.8 Å². The number of aromatic nitrogens is 1. The number of rotatable bonds is 3. The monoisotopic (exact) mass is 375 g/mol. The molecule has 7 heteroatoms. The molecule has 1 saturated heterocycles. The summed E-state index contributed by atoms with van der Waals surface area (Å²) >= 11 is 1.63. The van der Waals surface area contributed by atoms with Gasteiger partial charge in [0.2, 0.25) is 0 Å². The molecule has 0 spiro atoms. The molecule has 1 aromatic carbocycles. The predicted octanol–water partition coefficient (Wildman–Crippen LogP) is 3.22. The molecule has 0 aliphatic carbocycles. The van der Waals surface area contributed by atoms with Crippen LogP contribution in [0, 0.1) is 5.82 Å². The average molecular weight is 376 g/mol. The van der Waals surface area contributed by atoms with Crippen LogP contribution in [0.3, 0.4) is 0 Å². The van der Waals surface area contributed by atoms with Gasteiger partial charge in [0.05, 0.1) is 12.2 Å². The molecule has 0 saturated carbocycles. The van der Waals surface area contributed by atoms with Gasteiger partial charge in [-0.3, -0.25) is 0 Å². The van der Waals surface area contributed by atoms with E-state index in [1.54, 1.807) is 11.3 Å². The number of aliphatic imine (C=N–C) groups is 1. The van der Waals surface area contributed by atoms with E-state index >= 15 is 0 Å². The van der Waals surface area contributed by atoms with Crippen molar-refractivity contribution in [1.82, 2.24) is 9.88 Å². The summed E-state index contributed by atoms with van der Waals surface area (Å²) in [6.07, 6.45) is 0. The molecule has 2 N–H and O–H groups in total. The molecule has 140 valence electrons. The van der Waals surface area contributed by atoms with Gasteiger partial charge in [0.15, 0.2) is 5.96 Å². The fraction of sp³-hybridized carbons (Fsp3) is 0.474. The predicted molar refractivity (Wildman–Crippen MR) is 106 cm³/mol. The molecule has 0 amide bonds. The molecule has 3 rings (SSSR count). The van der Waals surface area contributed by atoms with Crippen LogP contribution >= 0.6 is 11.3 Å². The minimum atomic E-state index is -0.208. The van der Waals surface area contributed by atoms with Gasteiger partial charge in [-0.25, -0.2) is 14.4 Å². The lowest BCUT2D eigenvalue weighted by Crippen LogP contribution is -2.51. The highest BCUT2D eigenvalue weighted by molar-refractivity contribution is 7.09. The highest BCUT2D eigenvalue weighted by Crippen LogP contribution is 2.24. The Morgan fingerprint density at radius 3 is 2.42 bits per heavy atom. The lowest BCUT2D eigenvalue weighted by Gasteiger charge is -2.36. The van der Waals surface area contributed by atoms with Crippen LogP contribution in [0.5, 0.6) is 0 Å². The molecule has 0 atom stereocenters. The van der Waals surface area contributed by atoms with E-state index in [1.807, 2.05) is 12.1 Å². The summed E-state index contributed by atoms with van der Waals surface area (Å²) in [6, 6.07) is 6.63. The largest absolute Gasteiger partial charge is 0.370 e. The van der Waals surface area contributed by atoms with Crippen LogP contribution in [-0.4, -0.2) is 42.0 Å². The summed E-state index contributed by atoms with van der Waals surface area (Å²) in [5, 5.41) is 3.09. The molecule has 0 radical (unpaired) electrons. The third kappa shape index (κ3) is 4.52. The fourth-order valence-electron chi connectivity index (χ4n) is 2.82. The molecule has 0 unspecified atom stereocenters. The van der Waals surface area contributed by atoms with Crippen LogP contribution in [0.15, 0.2) is 34.6 Å². The van der Waals surface area contributed by atoms with Crippen LogP contribution < -0.4 is 10.6 Å². The van der Waals surface area contributed by atoms with E-state index < -0.39 is 0 Å². The number of anilines is 1. The summed E-state index contributed by atoms with van der Waals surface area (Å²) in [6.45, 7) is 10.3. The standard InChI is InChI=1S/C19H26FN5S/c1-19(2,3)16-13-26-17(23-16)12-22-18(21)25-10-8-24(9-11-25)15-6-4-14(20)5-7-15/h4-7,13H,8-12H2,1-3H3,(H2,21,22). The number of hydrogen-bond acceptors (Lipinski definition) is 4. The van der Waals surface area contributed by atoms with Crippen molar-refractivity contribution in [2.45, 2.75) is 32.7 Å². The molecule has 26 heavy (non-hydrogen) atoms. The Balaban J connectivity index is 1.54. The zero-order valence-electron chi connectivity index (χ0n) is 15.6. The van der Waals surface area contributed by atoms with Crippen LogP contribution in [-0.2, 0) is 12.0 Å². The lowest BCUT2D eigenvalue weighted by atomic mass is 9.93. The summed E-state index contributed by atoms with van der Waals surface area (Å²) in [5.41, 5.74) is 8.37. The van der Waals surface area contributed by atoms with Crippen molar-refractivity contribution in [1.29, 1.82) is 0 Å². The molecule has 2 heterocycles. The van der Waals surface area contributed by atoms with Crippen molar-refractivity contribution >= 4 is 23.0 Å². The number of halogens is 1. The quantitative estimate of drug-likeness (QED) is 0.661. The van der Waals surface area contributed by atoms with Crippen molar-refractivity contribution in [2.75, 3.05) is 31.1 Å². The maximum Gasteiger partial charge on any atom is 0.191 e. The first kappa shape index (κ1) is 18.6. The zero-order valence-corrected chi connectivity index (χ0v) is 16.4. The highest BCUT2D eigenvalue weighted by Gasteiger charge is 2.19.